The van der Waals surface area contributed by atoms with E-state index in [1.165, 1.54) is 0 Å². The van der Waals surface area contributed by atoms with Gasteiger partial charge in [0.2, 0.25) is 0 Å². The van der Waals surface area contributed by atoms with E-state index in [1.807, 2.05) is 52.0 Å². The van der Waals surface area contributed by atoms with Gasteiger partial charge < -0.3 is 20.5 Å². The Morgan fingerprint density at radius 1 is 1.14 bits per heavy atom. The minimum absolute atomic E-state index is 0. The van der Waals surface area contributed by atoms with Crippen LogP contribution < -0.4 is 15.8 Å². The van der Waals surface area contributed by atoms with Crippen LogP contribution in [0.15, 0.2) is 29.3 Å². The van der Waals surface area contributed by atoms with Crippen molar-refractivity contribution in [3.63, 3.8) is 0 Å². The molecule has 6 heteroatoms. The van der Waals surface area contributed by atoms with E-state index in [1.54, 1.807) is 0 Å². The zero-order valence-corrected chi connectivity index (χ0v) is 16.2. The van der Waals surface area contributed by atoms with Gasteiger partial charge >= 0.3 is 0 Å². The van der Waals surface area contributed by atoms with Gasteiger partial charge in [0.15, 0.2) is 5.96 Å². The number of hydrogen-bond donors (Lipinski definition) is 2. The predicted molar refractivity (Wildman–Crippen MR) is 103 cm³/mol. The number of anilines is 1. The molecule has 0 aliphatic carbocycles. The topological polar surface area (TPSA) is 68.9 Å². The lowest BCUT2D eigenvalue weighted by Crippen LogP contribution is -2.23. The molecule has 0 bridgehead atoms. The van der Waals surface area contributed by atoms with Crippen molar-refractivity contribution in [2.45, 2.75) is 46.3 Å². The summed E-state index contributed by atoms with van der Waals surface area (Å²) in [6, 6.07) is 7.65. The van der Waals surface area contributed by atoms with Crippen molar-refractivity contribution in [3.05, 3.63) is 24.3 Å². The third kappa shape index (κ3) is 9.83. The highest BCUT2D eigenvalue weighted by Crippen LogP contribution is 2.16. The summed E-state index contributed by atoms with van der Waals surface area (Å²) in [7, 11) is 0. The number of aliphatic imine (C=N–C) groups is 1. The number of hydrogen-bond acceptors (Lipinski definition) is 3. The Kier molecular flexibility index (Phi) is 11.0. The number of halogens is 1. The Morgan fingerprint density at radius 2 is 1.77 bits per heavy atom. The molecule has 126 valence electrons. The van der Waals surface area contributed by atoms with Crippen LogP contribution in [-0.4, -0.2) is 31.3 Å². The van der Waals surface area contributed by atoms with Crippen molar-refractivity contribution in [2.24, 2.45) is 10.7 Å². The quantitative estimate of drug-likeness (QED) is 0.291. The fourth-order valence-electron chi connectivity index (χ4n) is 1.66. The van der Waals surface area contributed by atoms with E-state index in [0.717, 1.165) is 17.9 Å². The van der Waals surface area contributed by atoms with Crippen LogP contribution in [0, 0.1) is 0 Å². The molecule has 0 unspecified atom stereocenters. The molecule has 22 heavy (non-hydrogen) atoms. The summed E-state index contributed by atoms with van der Waals surface area (Å²) in [5, 5.41) is 3.05. The molecule has 0 spiro atoms. The third-order valence-electron chi connectivity index (χ3n) is 2.53. The van der Waals surface area contributed by atoms with E-state index in [2.05, 4.69) is 10.3 Å². The lowest BCUT2D eigenvalue weighted by Gasteiger charge is -2.11. The van der Waals surface area contributed by atoms with Crippen molar-refractivity contribution in [2.75, 3.05) is 18.5 Å². The fraction of sp³-hybridized carbons (Fsp3) is 0.562. The van der Waals surface area contributed by atoms with E-state index in [4.69, 9.17) is 15.2 Å². The Bertz CT molecular complexity index is 434. The fourth-order valence-corrected chi connectivity index (χ4v) is 1.66. The van der Waals surface area contributed by atoms with E-state index >= 15 is 0 Å². The lowest BCUT2D eigenvalue weighted by atomic mass is 10.3. The number of nitrogens with one attached hydrogen (secondary N) is 1. The van der Waals surface area contributed by atoms with Gasteiger partial charge in [0, 0.05) is 18.8 Å². The first kappa shape index (κ1) is 21.0. The van der Waals surface area contributed by atoms with Gasteiger partial charge in [0.25, 0.3) is 0 Å². The van der Waals surface area contributed by atoms with Crippen LogP contribution in [0.1, 0.15) is 34.1 Å². The lowest BCUT2D eigenvalue weighted by molar-refractivity contribution is 0.0783. The molecule has 1 aromatic rings. The smallest absolute Gasteiger partial charge is 0.193 e. The Labute approximate surface area is 150 Å². The molecule has 0 saturated heterocycles. The molecule has 0 aliphatic rings. The van der Waals surface area contributed by atoms with Crippen molar-refractivity contribution in [3.8, 4) is 5.75 Å². The average molecular weight is 421 g/mol. The summed E-state index contributed by atoms with van der Waals surface area (Å²) < 4.78 is 11.0. The molecule has 1 aromatic carbocycles. The highest BCUT2D eigenvalue weighted by atomic mass is 127. The molecule has 0 radical (unpaired) electrons. The number of guanidine groups is 1. The molecule has 0 amide bonds. The highest BCUT2D eigenvalue weighted by Gasteiger charge is 1.99. The van der Waals surface area contributed by atoms with Crippen LogP contribution in [0.5, 0.6) is 5.75 Å². The van der Waals surface area contributed by atoms with Crippen LogP contribution >= 0.6 is 24.0 Å². The summed E-state index contributed by atoms with van der Waals surface area (Å²) in [4.78, 5) is 4.26. The maximum absolute atomic E-state index is 5.83. The first-order chi connectivity index (χ1) is 9.97. The molecular formula is C16H28IN3O2. The molecule has 0 fully saturated rings. The number of ether oxygens (including phenoxy) is 2. The number of nitrogens with two attached hydrogens (primary N) is 1. The second-order valence-corrected chi connectivity index (χ2v) is 5.36. The van der Waals surface area contributed by atoms with Gasteiger partial charge in [-0.3, -0.25) is 4.99 Å². The first-order valence-corrected chi connectivity index (χ1v) is 7.42. The van der Waals surface area contributed by atoms with Gasteiger partial charge in [-0.2, -0.15) is 0 Å². The SMILES string of the molecule is CC(C)OCCCN=C(N)Nc1ccc(OC(C)C)cc1.I. The summed E-state index contributed by atoms with van der Waals surface area (Å²) in [5.41, 5.74) is 6.73. The Balaban J connectivity index is 0.00000441. The van der Waals surface area contributed by atoms with Gasteiger partial charge in [0.1, 0.15) is 5.75 Å². The van der Waals surface area contributed by atoms with Gasteiger partial charge in [0.05, 0.1) is 12.2 Å². The summed E-state index contributed by atoms with van der Waals surface area (Å²) in [5.74, 6) is 1.26. The molecule has 1 rings (SSSR count). The van der Waals surface area contributed by atoms with E-state index in [0.29, 0.717) is 19.1 Å². The van der Waals surface area contributed by atoms with Gasteiger partial charge in [-0.05, 0) is 58.4 Å². The third-order valence-corrected chi connectivity index (χ3v) is 2.53. The molecule has 0 aromatic heterocycles. The number of rotatable bonds is 8. The van der Waals surface area contributed by atoms with E-state index in [-0.39, 0.29) is 36.2 Å². The average Bonchev–Trinajstić information content (AvgIpc) is 2.39. The zero-order chi connectivity index (χ0) is 15.7. The van der Waals surface area contributed by atoms with Crippen LogP contribution in [0.3, 0.4) is 0 Å². The molecule has 3 N–H and O–H groups in total. The summed E-state index contributed by atoms with van der Waals surface area (Å²) in [6.07, 6.45) is 1.29. The largest absolute Gasteiger partial charge is 0.491 e. The van der Waals surface area contributed by atoms with Crippen LogP contribution in [0.4, 0.5) is 5.69 Å². The molecule has 0 heterocycles. The summed E-state index contributed by atoms with van der Waals surface area (Å²) in [6.45, 7) is 9.40. The predicted octanol–water partition coefficient (Wildman–Crippen LogP) is 3.63. The monoisotopic (exact) mass is 421 g/mol. The van der Waals surface area contributed by atoms with Crippen LogP contribution in [0.25, 0.3) is 0 Å². The standard InChI is InChI=1S/C16H27N3O2.HI/c1-12(2)20-11-5-10-18-16(17)19-14-6-8-15(9-7-14)21-13(3)4;/h6-9,12-13H,5,10-11H2,1-4H3,(H3,17,18,19);1H. The minimum atomic E-state index is 0. The molecule has 0 aliphatic heterocycles. The zero-order valence-electron chi connectivity index (χ0n) is 13.8. The Morgan fingerprint density at radius 3 is 2.32 bits per heavy atom. The normalized spacial score (nSPS) is 11.5. The number of benzene rings is 1. The summed E-state index contributed by atoms with van der Waals surface area (Å²) >= 11 is 0. The van der Waals surface area contributed by atoms with E-state index < -0.39 is 0 Å². The van der Waals surface area contributed by atoms with E-state index in [9.17, 15) is 0 Å². The second-order valence-electron chi connectivity index (χ2n) is 5.36. The van der Waals surface area contributed by atoms with Crippen molar-refractivity contribution in [1.82, 2.24) is 0 Å². The maximum atomic E-state index is 5.83. The number of nitrogens with zero attached hydrogens (tertiary/aromatic N) is 1. The molecule has 5 nitrogen and oxygen atoms in total. The van der Waals surface area contributed by atoms with Crippen LogP contribution in [-0.2, 0) is 4.74 Å². The van der Waals surface area contributed by atoms with Gasteiger partial charge in [-0.1, -0.05) is 0 Å². The second kappa shape index (κ2) is 11.5. The first-order valence-electron chi connectivity index (χ1n) is 7.42. The van der Waals surface area contributed by atoms with Gasteiger partial charge in [-0.25, -0.2) is 0 Å². The van der Waals surface area contributed by atoms with Gasteiger partial charge in [-0.15, -0.1) is 24.0 Å². The van der Waals surface area contributed by atoms with Crippen molar-refractivity contribution in [1.29, 1.82) is 0 Å². The highest BCUT2D eigenvalue weighted by molar-refractivity contribution is 14.0. The molecule has 0 saturated carbocycles. The minimum Gasteiger partial charge on any atom is -0.491 e. The van der Waals surface area contributed by atoms with Crippen LogP contribution in [0.2, 0.25) is 0 Å². The van der Waals surface area contributed by atoms with Crippen molar-refractivity contribution < 1.29 is 9.47 Å². The molecular weight excluding hydrogens is 393 g/mol. The maximum Gasteiger partial charge on any atom is 0.193 e. The Hall–Kier alpha value is -1.02. The molecule has 0 atom stereocenters. The van der Waals surface area contributed by atoms with Crippen molar-refractivity contribution >= 4 is 35.6 Å².